The molecule has 0 bridgehead atoms. The number of ether oxygens (including phenoxy) is 1. The van der Waals surface area contributed by atoms with Crippen LogP contribution in [0.5, 0.6) is 5.75 Å². The van der Waals surface area contributed by atoms with Crippen molar-refractivity contribution in [1.29, 1.82) is 5.26 Å². The maximum Gasteiger partial charge on any atom is 0.167 e. The summed E-state index contributed by atoms with van der Waals surface area (Å²) < 4.78 is 18.1. The lowest BCUT2D eigenvalue weighted by atomic mass is 10.1. The topological polar surface area (TPSA) is 91.1 Å². The predicted molar refractivity (Wildman–Crippen MR) is 82.6 cm³/mol. The Morgan fingerprint density at radius 1 is 1.30 bits per heavy atom. The molecule has 1 aromatic heterocycles. The number of nitrogens with one attached hydrogen (secondary N) is 1. The van der Waals surface area contributed by atoms with Gasteiger partial charge in [0.2, 0.25) is 0 Å². The van der Waals surface area contributed by atoms with Gasteiger partial charge in [-0.25, -0.2) is 4.39 Å². The molecule has 1 atom stereocenters. The van der Waals surface area contributed by atoms with Gasteiger partial charge >= 0.3 is 0 Å². The minimum Gasteiger partial charge on any atom is -0.491 e. The van der Waals surface area contributed by atoms with Crippen LogP contribution in [0.2, 0.25) is 0 Å². The number of aromatic nitrogens is 2. The van der Waals surface area contributed by atoms with Crippen molar-refractivity contribution in [3.05, 3.63) is 46.9 Å². The molecular formula is C16H17FN4O2. The number of benzene rings is 1. The van der Waals surface area contributed by atoms with Crippen LogP contribution < -0.4 is 10.1 Å². The molecule has 7 heteroatoms. The number of hydrogen-bond donors (Lipinski definition) is 2. The Bertz CT molecular complexity index is 713. The number of anilines is 1. The Morgan fingerprint density at radius 3 is 2.65 bits per heavy atom. The monoisotopic (exact) mass is 316 g/mol. The van der Waals surface area contributed by atoms with Crippen LogP contribution in [-0.2, 0) is 0 Å². The summed E-state index contributed by atoms with van der Waals surface area (Å²) in [6, 6.07) is 7.61. The van der Waals surface area contributed by atoms with Gasteiger partial charge in [0, 0.05) is 6.54 Å². The van der Waals surface area contributed by atoms with Crippen LogP contribution in [0.4, 0.5) is 10.2 Å². The SMILES string of the molecule is Cc1nnc(NC[C@H](O)COc2ccc(F)cc2)c(C#N)c1C. The Morgan fingerprint density at radius 2 is 2.00 bits per heavy atom. The van der Waals surface area contributed by atoms with Gasteiger partial charge in [0.25, 0.3) is 0 Å². The molecule has 0 saturated heterocycles. The van der Waals surface area contributed by atoms with E-state index >= 15 is 0 Å². The first kappa shape index (κ1) is 16.6. The molecule has 0 aliphatic rings. The summed E-state index contributed by atoms with van der Waals surface area (Å²) in [6.45, 7) is 3.74. The van der Waals surface area contributed by atoms with Crippen LogP contribution in [0.1, 0.15) is 16.8 Å². The van der Waals surface area contributed by atoms with Gasteiger partial charge < -0.3 is 15.2 Å². The van der Waals surface area contributed by atoms with Crippen LogP contribution in [-0.4, -0.2) is 34.6 Å². The van der Waals surface area contributed by atoms with Crippen molar-refractivity contribution in [1.82, 2.24) is 10.2 Å². The van der Waals surface area contributed by atoms with E-state index in [0.29, 0.717) is 22.8 Å². The second-order valence-corrected chi connectivity index (χ2v) is 5.05. The molecular weight excluding hydrogens is 299 g/mol. The van der Waals surface area contributed by atoms with Crippen LogP contribution in [0.15, 0.2) is 24.3 Å². The summed E-state index contributed by atoms with van der Waals surface area (Å²) in [5.74, 6) is 0.447. The molecule has 0 radical (unpaired) electrons. The quantitative estimate of drug-likeness (QED) is 0.846. The molecule has 2 rings (SSSR count). The number of hydrogen-bond acceptors (Lipinski definition) is 6. The maximum absolute atomic E-state index is 12.8. The van der Waals surface area contributed by atoms with Gasteiger partial charge in [-0.3, -0.25) is 0 Å². The van der Waals surface area contributed by atoms with E-state index in [4.69, 9.17) is 4.74 Å². The fraction of sp³-hybridized carbons (Fsp3) is 0.312. The zero-order chi connectivity index (χ0) is 16.8. The van der Waals surface area contributed by atoms with E-state index in [1.165, 1.54) is 24.3 Å². The molecule has 0 aliphatic heterocycles. The van der Waals surface area contributed by atoms with E-state index in [1.54, 1.807) is 13.8 Å². The Kier molecular flexibility index (Phi) is 5.44. The highest BCUT2D eigenvalue weighted by atomic mass is 19.1. The molecule has 0 spiro atoms. The fourth-order valence-corrected chi connectivity index (χ4v) is 1.87. The molecule has 23 heavy (non-hydrogen) atoms. The summed E-state index contributed by atoms with van der Waals surface area (Å²) in [5.41, 5.74) is 1.85. The first-order chi connectivity index (χ1) is 11.0. The van der Waals surface area contributed by atoms with Crippen LogP contribution in [0.25, 0.3) is 0 Å². The Hall–Kier alpha value is -2.72. The molecule has 1 aromatic carbocycles. The normalized spacial score (nSPS) is 11.6. The van der Waals surface area contributed by atoms with Gasteiger partial charge in [-0.15, -0.1) is 5.10 Å². The fourth-order valence-electron chi connectivity index (χ4n) is 1.87. The van der Waals surface area contributed by atoms with Crippen LogP contribution in [0, 0.1) is 31.0 Å². The summed E-state index contributed by atoms with van der Waals surface area (Å²) in [5, 5.41) is 29.9. The van der Waals surface area contributed by atoms with Gasteiger partial charge in [0.15, 0.2) is 5.82 Å². The summed E-state index contributed by atoms with van der Waals surface area (Å²) >= 11 is 0. The van der Waals surface area contributed by atoms with Crippen molar-refractivity contribution < 1.29 is 14.2 Å². The maximum atomic E-state index is 12.8. The average Bonchev–Trinajstić information content (AvgIpc) is 2.55. The zero-order valence-electron chi connectivity index (χ0n) is 12.9. The van der Waals surface area contributed by atoms with Crippen molar-refractivity contribution >= 4 is 5.82 Å². The lowest BCUT2D eigenvalue weighted by Gasteiger charge is -2.14. The summed E-state index contributed by atoms with van der Waals surface area (Å²) in [7, 11) is 0. The van der Waals surface area contributed by atoms with E-state index in [2.05, 4.69) is 21.6 Å². The van der Waals surface area contributed by atoms with E-state index in [1.807, 2.05) is 0 Å². The molecule has 0 saturated carbocycles. The van der Waals surface area contributed by atoms with Crippen molar-refractivity contribution in [3.8, 4) is 11.8 Å². The summed E-state index contributed by atoms with van der Waals surface area (Å²) in [6.07, 6.45) is -0.824. The average molecular weight is 316 g/mol. The van der Waals surface area contributed by atoms with E-state index < -0.39 is 6.10 Å². The number of halogens is 1. The predicted octanol–water partition coefficient (Wildman–Crippen LogP) is 1.96. The molecule has 120 valence electrons. The molecule has 2 aromatic rings. The van der Waals surface area contributed by atoms with Crippen LogP contribution >= 0.6 is 0 Å². The van der Waals surface area contributed by atoms with Gasteiger partial charge in [-0.05, 0) is 43.7 Å². The highest BCUT2D eigenvalue weighted by Crippen LogP contribution is 2.17. The molecule has 2 N–H and O–H groups in total. The van der Waals surface area contributed by atoms with Gasteiger partial charge in [-0.1, -0.05) is 0 Å². The Balaban J connectivity index is 1.90. The molecule has 1 heterocycles. The molecule has 0 unspecified atom stereocenters. The first-order valence-corrected chi connectivity index (χ1v) is 7.05. The zero-order valence-corrected chi connectivity index (χ0v) is 12.9. The molecule has 0 fully saturated rings. The van der Waals surface area contributed by atoms with Crippen molar-refractivity contribution in [2.75, 3.05) is 18.5 Å². The van der Waals surface area contributed by atoms with Crippen molar-refractivity contribution in [2.45, 2.75) is 20.0 Å². The standard InChI is InChI=1S/C16H17FN4O2/c1-10-11(2)20-21-16(15(10)7-18)19-8-13(22)9-23-14-5-3-12(17)4-6-14/h3-6,13,22H,8-9H2,1-2H3,(H,19,21)/t13-/m0/s1. The third kappa shape index (κ3) is 4.37. The second-order valence-electron chi connectivity index (χ2n) is 5.05. The third-order valence-electron chi connectivity index (χ3n) is 3.33. The third-order valence-corrected chi connectivity index (χ3v) is 3.33. The second kappa shape index (κ2) is 7.51. The number of aliphatic hydroxyl groups is 1. The molecule has 6 nitrogen and oxygen atoms in total. The highest BCUT2D eigenvalue weighted by molar-refractivity contribution is 5.55. The van der Waals surface area contributed by atoms with E-state index in [0.717, 1.165) is 5.56 Å². The lowest BCUT2D eigenvalue weighted by Crippen LogP contribution is -2.27. The molecule has 0 aliphatic carbocycles. The van der Waals surface area contributed by atoms with E-state index in [-0.39, 0.29) is 19.0 Å². The molecule has 0 amide bonds. The minimum absolute atomic E-state index is 0.0266. The van der Waals surface area contributed by atoms with Gasteiger partial charge in [0.05, 0.1) is 5.69 Å². The number of aliphatic hydroxyl groups excluding tert-OH is 1. The van der Waals surface area contributed by atoms with E-state index in [9.17, 15) is 14.8 Å². The van der Waals surface area contributed by atoms with Crippen molar-refractivity contribution in [2.24, 2.45) is 0 Å². The number of nitrogens with zero attached hydrogens (tertiary/aromatic N) is 3. The minimum atomic E-state index is -0.824. The number of rotatable bonds is 6. The van der Waals surface area contributed by atoms with Gasteiger partial charge in [-0.2, -0.15) is 10.4 Å². The number of aryl methyl sites for hydroxylation is 1. The Labute approximate surface area is 133 Å². The first-order valence-electron chi connectivity index (χ1n) is 7.05. The van der Waals surface area contributed by atoms with Gasteiger partial charge in [0.1, 0.15) is 35.9 Å². The highest BCUT2D eigenvalue weighted by Gasteiger charge is 2.12. The number of nitriles is 1. The largest absolute Gasteiger partial charge is 0.491 e. The lowest BCUT2D eigenvalue weighted by molar-refractivity contribution is 0.117. The van der Waals surface area contributed by atoms with Crippen molar-refractivity contribution in [3.63, 3.8) is 0 Å². The summed E-state index contributed by atoms with van der Waals surface area (Å²) in [4.78, 5) is 0. The van der Waals surface area contributed by atoms with Crippen LogP contribution in [0.3, 0.4) is 0 Å². The smallest absolute Gasteiger partial charge is 0.167 e.